The quantitative estimate of drug-likeness (QED) is 0.749. The highest BCUT2D eigenvalue weighted by Crippen LogP contribution is 2.23. The van der Waals surface area contributed by atoms with Crippen molar-refractivity contribution in [2.24, 2.45) is 0 Å². The zero-order chi connectivity index (χ0) is 12.5. The molecule has 0 aliphatic carbocycles. The SMILES string of the molecule is CN(Cc1cccs1)c1nc(Cl)nc2nc[nH]c12. The van der Waals surface area contributed by atoms with Crippen LogP contribution in [0, 0.1) is 0 Å². The lowest BCUT2D eigenvalue weighted by Crippen LogP contribution is -2.17. The molecule has 3 aromatic heterocycles. The number of fused-ring (bicyclic) bond motifs is 1. The first-order chi connectivity index (χ1) is 8.74. The van der Waals surface area contributed by atoms with E-state index < -0.39 is 0 Å². The summed E-state index contributed by atoms with van der Waals surface area (Å²) in [5, 5.41) is 2.27. The molecule has 0 fully saturated rings. The van der Waals surface area contributed by atoms with Crippen LogP contribution in [0.25, 0.3) is 11.2 Å². The summed E-state index contributed by atoms with van der Waals surface area (Å²) >= 11 is 7.62. The lowest BCUT2D eigenvalue weighted by Gasteiger charge is -2.17. The molecule has 3 rings (SSSR count). The number of hydrogen-bond acceptors (Lipinski definition) is 5. The van der Waals surface area contributed by atoms with E-state index in [9.17, 15) is 0 Å². The minimum atomic E-state index is 0.211. The largest absolute Gasteiger partial charge is 0.353 e. The van der Waals surface area contributed by atoms with E-state index in [0.717, 1.165) is 17.9 Å². The van der Waals surface area contributed by atoms with Crippen LogP contribution >= 0.6 is 22.9 Å². The highest BCUT2D eigenvalue weighted by molar-refractivity contribution is 7.09. The van der Waals surface area contributed by atoms with Crippen LogP contribution in [0.15, 0.2) is 23.8 Å². The fourth-order valence-corrected chi connectivity index (χ4v) is 2.70. The fourth-order valence-electron chi connectivity index (χ4n) is 1.78. The summed E-state index contributed by atoms with van der Waals surface area (Å²) in [5.74, 6) is 0.760. The lowest BCUT2D eigenvalue weighted by molar-refractivity contribution is 0.912. The Balaban J connectivity index is 2.00. The van der Waals surface area contributed by atoms with Crippen LogP contribution in [0.2, 0.25) is 5.28 Å². The number of nitrogens with zero attached hydrogens (tertiary/aromatic N) is 4. The Morgan fingerprint density at radius 1 is 1.44 bits per heavy atom. The predicted octanol–water partition coefficient (Wildman–Crippen LogP) is 2.70. The van der Waals surface area contributed by atoms with Gasteiger partial charge in [-0.2, -0.15) is 9.97 Å². The van der Waals surface area contributed by atoms with Crippen molar-refractivity contribution >= 4 is 39.9 Å². The summed E-state index contributed by atoms with van der Waals surface area (Å²) in [6.07, 6.45) is 1.60. The Morgan fingerprint density at radius 2 is 2.33 bits per heavy atom. The molecule has 0 bridgehead atoms. The van der Waals surface area contributed by atoms with Gasteiger partial charge in [0.25, 0.3) is 0 Å². The number of aromatic amines is 1. The summed E-state index contributed by atoms with van der Waals surface area (Å²) in [6.45, 7) is 0.777. The molecule has 3 heterocycles. The third-order valence-corrected chi connectivity index (χ3v) is 3.60. The van der Waals surface area contributed by atoms with Crippen LogP contribution in [0.1, 0.15) is 4.88 Å². The van der Waals surface area contributed by atoms with Crippen molar-refractivity contribution in [2.75, 3.05) is 11.9 Å². The summed E-state index contributed by atoms with van der Waals surface area (Å²) in [5.41, 5.74) is 1.39. The molecule has 92 valence electrons. The molecule has 7 heteroatoms. The van der Waals surface area contributed by atoms with E-state index >= 15 is 0 Å². The van der Waals surface area contributed by atoms with Crippen molar-refractivity contribution in [3.05, 3.63) is 34.0 Å². The van der Waals surface area contributed by atoms with Crippen molar-refractivity contribution in [1.82, 2.24) is 19.9 Å². The van der Waals surface area contributed by atoms with Gasteiger partial charge in [-0.1, -0.05) is 6.07 Å². The second-order valence-electron chi connectivity index (χ2n) is 3.85. The molecule has 1 N–H and O–H groups in total. The molecule has 0 aliphatic heterocycles. The zero-order valence-corrected chi connectivity index (χ0v) is 11.2. The summed E-state index contributed by atoms with van der Waals surface area (Å²) in [7, 11) is 1.97. The number of imidazole rings is 1. The Morgan fingerprint density at radius 3 is 3.11 bits per heavy atom. The first-order valence-corrected chi connectivity index (χ1v) is 6.60. The molecule has 0 saturated heterocycles. The van der Waals surface area contributed by atoms with Crippen molar-refractivity contribution in [3.63, 3.8) is 0 Å². The van der Waals surface area contributed by atoms with E-state index in [-0.39, 0.29) is 5.28 Å². The number of anilines is 1. The van der Waals surface area contributed by atoms with Gasteiger partial charge in [-0.15, -0.1) is 11.3 Å². The number of aromatic nitrogens is 4. The van der Waals surface area contributed by atoms with Crippen molar-refractivity contribution in [2.45, 2.75) is 6.54 Å². The van der Waals surface area contributed by atoms with E-state index in [1.807, 2.05) is 18.0 Å². The molecular formula is C11H10ClN5S. The molecule has 0 radical (unpaired) electrons. The average Bonchev–Trinajstić information content (AvgIpc) is 2.97. The smallest absolute Gasteiger partial charge is 0.226 e. The maximum absolute atomic E-state index is 5.91. The van der Waals surface area contributed by atoms with E-state index in [1.165, 1.54) is 4.88 Å². The normalized spacial score (nSPS) is 11.0. The third kappa shape index (κ3) is 2.04. The summed E-state index contributed by atoms with van der Waals surface area (Å²) in [4.78, 5) is 18.8. The van der Waals surface area contributed by atoms with Crippen LogP contribution in [0.5, 0.6) is 0 Å². The molecular weight excluding hydrogens is 270 g/mol. The molecule has 3 aromatic rings. The van der Waals surface area contributed by atoms with Crippen LogP contribution in [-0.2, 0) is 6.54 Å². The van der Waals surface area contributed by atoms with Crippen LogP contribution < -0.4 is 4.90 Å². The van der Waals surface area contributed by atoms with Gasteiger partial charge in [-0.3, -0.25) is 0 Å². The number of hydrogen-bond donors (Lipinski definition) is 1. The third-order valence-electron chi connectivity index (χ3n) is 2.57. The zero-order valence-electron chi connectivity index (χ0n) is 9.59. The Hall–Kier alpha value is -1.66. The second-order valence-corrected chi connectivity index (χ2v) is 5.22. The Labute approximate surface area is 112 Å². The molecule has 0 aromatic carbocycles. The van der Waals surface area contributed by atoms with Gasteiger partial charge >= 0.3 is 0 Å². The highest BCUT2D eigenvalue weighted by atomic mass is 35.5. The van der Waals surface area contributed by atoms with Gasteiger partial charge in [0.1, 0.15) is 5.52 Å². The molecule has 0 atom stereocenters. The average molecular weight is 280 g/mol. The number of halogens is 1. The molecule has 0 saturated carbocycles. The topological polar surface area (TPSA) is 57.7 Å². The molecule has 5 nitrogen and oxygen atoms in total. The first-order valence-electron chi connectivity index (χ1n) is 5.34. The molecule has 0 spiro atoms. The monoisotopic (exact) mass is 279 g/mol. The molecule has 0 amide bonds. The van der Waals surface area contributed by atoms with Crippen molar-refractivity contribution in [1.29, 1.82) is 0 Å². The number of rotatable bonds is 3. The molecule has 18 heavy (non-hydrogen) atoms. The lowest BCUT2D eigenvalue weighted by atomic mass is 10.4. The molecule has 0 aliphatic rings. The van der Waals surface area contributed by atoms with E-state index in [4.69, 9.17) is 11.6 Å². The standard InChI is InChI=1S/C11H10ClN5S/c1-17(5-7-3-2-4-18-7)10-8-9(14-6-13-8)15-11(12)16-10/h2-4,6H,5H2,1H3,(H,13,14,15,16). The van der Waals surface area contributed by atoms with Gasteiger partial charge in [0.05, 0.1) is 12.9 Å². The van der Waals surface area contributed by atoms with E-state index in [0.29, 0.717) is 5.65 Å². The van der Waals surface area contributed by atoms with Gasteiger partial charge in [0, 0.05) is 11.9 Å². The van der Waals surface area contributed by atoms with Gasteiger partial charge in [-0.25, -0.2) is 4.98 Å². The minimum Gasteiger partial charge on any atom is -0.353 e. The van der Waals surface area contributed by atoms with Gasteiger partial charge in [0.15, 0.2) is 11.5 Å². The maximum atomic E-state index is 5.91. The highest BCUT2D eigenvalue weighted by Gasteiger charge is 2.13. The van der Waals surface area contributed by atoms with Crippen LogP contribution in [-0.4, -0.2) is 27.0 Å². The van der Waals surface area contributed by atoms with Gasteiger partial charge in [0.2, 0.25) is 5.28 Å². The minimum absolute atomic E-state index is 0.211. The first kappa shape index (κ1) is 11.4. The number of H-pyrrole nitrogens is 1. The van der Waals surface area contributed by atoms with Crippen LogP contribution in [0.4, 0.5) is 5.82 Å². The van der Waals surface area contributed by atoms with Crippen LogP contribution in [0.3, 0.4) is 0 Å². The summed E-state index contributed by atoms with van der Waals surface area (Å²) in [6, 6.07) is 4.13. The van der Waals surface area contributed by atoms with E-state index in [2.05, 4.69) is 31.4 Å². The second kappa shape index (κ2) is 4.55. The Bertz CT molecular complexity index is 663. The Kier molecular flexibility index (Phi) is 2.89. The van der Waals surface area contributed by atoms with Crippen molar-refractivity contribution in [3.8, 4) is 0 Å². The van der Waals surface area contributed by atoms with Gasteiger partial charge in [-0.05, 0) is 23.0 Å². The number of nitrogens with one attached hydrogen (secondary N) is 1. The van der Waals surface area contributed by atoms with E-state index in [1.54, 1.807) is 17.7 Å². The fraction of sp³-hybridized carbons (Fsp3) is 0.182. The maximum Gasteiger partial charge on any atom is 0.226 e. The molecule has 0 unspecified atom stereocenters. The summed E-state index contributed by atoms with van der Waals surface area (Å²) < 4.78 is 0. The van der Waals surface area contributed by atoms with Crippen molar-refractivity contribution < 1.29 is 0 Å². The van der Waals surface area contributed by atoms with Gasteiger partial charge < -0.3 is 9.88 Å². The number of thiophene rings is 1. The predicted molar refractivity (Wildman–Crippen MR) is 73.1 cm³/mol.